The molecule has 0 aliphatic heterocycles. The highest BCUT2D eigenvalue weighted by Crippen LogP contribution is 2.25. The van der Waals surface area contributed by atoms with Crippen molar-refractivity contribution in [2.24, 2.45) is 0 Å². The minimum Gasteiger partial charge on any atom is -0.398 e. The lowest BCUT2D eigenvalue weighted by Crippen LogP contribution is -2.28. The highest BCUT2D eigenvalue weighted by Gasteiger charge is 2.18. The van der Waals surface area contributed by atoms with Crippen LogP contribution in [0.2, 0.25) is 0 Å². The summed E-state index contributed by atoms with van der Waals surface area (Å²) in [6, 6.07) is 6.41. The maximum Gasteiger partial charge on any atom is 0.242 e. The maximum atomic E-state index is 12.3. The summed E-state index contributed by atoms with van der Waals surface area (Å²) in [5, 5.41) is 0.595. The van der Waals surface area contributed by atoms with Gasteiger partial charge < -0.3 is 5.73 Å². The van der Waals surface area contributed by atoms with Crippen molar-refractivity contribution in [2.45, 2.75) is 11.8 Å². The predicted molar refractivity (Wildman–Crippen MR) is 84.9 cm³/mol. The first kappa shape index (κ1) is 15.9. The highest BCUT2D eigenvalue weighted by molar-refractivity contribution is 7.89. The number of benzene rings is 1. The molecule has 0 saturated carbocycles. The van der Waals surface area contributed by atoms with Crippen molar-refractivity contribution in [2.75, 3.05) is 23.8 Å². The second-order valence-electron chi connectivity index (χ2n) is 4.38. The number of pyridine rings is 1. The van der Waals surface area contributed by atoms with Gasteiger partial charge in [0.25, 0.3) is 0 Å². The number of nitrogens with zero attached hydrogens (tertiary/aromatic N) is 1. The van der Waals surface area contributed by atoms with Gasteiger partial charge in [-0.15, -0.1) is 0 Å². The van der Waals surface area contributed by atoms with Gasteiger partial charge in [0.15, 0.2) is 0 Å². The van der Waals surface area contributed by atoms with Gasteiger partial charge in [-0.1, -0.05) is 6.92 Å². The number of rotatable bonds is 6. The van der Waals surface area contributed by atoms with Gasteiger partial charge in [-0.25, -0.2) is 13.1 Å². The van der Waals surface area contributed by atoms with Gasteiger partial charge >= 0.3 is 0 Å². The molecule has 6 nitrogen and oxygen atoms in total. The van der Waals surface area contributed by atoms with E-state index in [1.54, 1.807) is 25.1 Å². The van der Waals surface area contributed by atoms with E-state index in [0.29, 0.717) is 22.3 Å². The normalized spacial score (nSPS) is 13.4. The molecule has 2 rings (SSSR count). The zero-order valence-electron chi connectivity index (χ0n) is 11.6. The summed E-state index contributed by atoms with van der Waals surface area (Å²) < 4.78 is 38.5. The number of aromatic nitrogens is 1. The number of nitrogens with one attached hydrogen (secondary N) is 1. The molecule has 2 aromatic rings. The SMILES string of the molecule is CCS(=O)CCNS(=O)(=O)c1ccc(N)c2cccnc12. The Hall–Kier alpha value is -1.51. The van der Waals surface area contributed by atoms with Gasteiger partial charge in [0.2, 0.25) is 10.0 Å². The second kappa shape index (κ2) is 6.50. The summed E-state index contributed by atoms with van der Waals surface area (Å²) in [5.74, 6) is 0.796. The van der Waals surface area contributed by atoms with Gasteiger partial charge in [-0.05, 0) is 24.3 Å². The van der Waals surface area contributed by atoms with Crippen LogP contribution in [0, 0.1) is 0 Å². The van der Waals surface area contributed by atoms with E-state index < -0.39 is 20.8 Å². The Morgan fingerprint density at radius 3 is 2.81 bits per heavy atom. The van der Waals surface area contributed by atoms with Gasteiger partial charge in [0.1, 0.15) is 4.90 Å². The summed E-state index contributed by atoms with van der Waals surface area (Å²) in [6.45, 7) is 1.92. The van der Waals surface area contributed by atoms with Gasteiger partial charge in [-0.2, -0.15) is 0 Å². The van der Waals surface area contributed by atoms with Crippen LogP contribution in [0.1, 0.15) is 6.92 Å². The van der Waals surface area contributed by atoms with Crippen LogP contribution in [0.15, 0.2) is 35.4 Å². The average Bonchev–Trinajstić information content (AvgIpc) is 2.47. The number of sulfonamides is 1. The number of hydrogen-bond acceptors (Lipinski definition) is 5. The van der Waals surface area contributed by atoms with Crippen LogP contribution < -0.4 is 10.5 Å². The molecular formula is C13H17N3O3S2. The average molecular weight is 327 g/mol. The number of hydrogen-bond donors (Lipinski definition) is 2. The fourth-order valence-corrected chi connectivity index (χ4v) is 3.84. The summed E-state index contributed by atoms with van der Waals surface area (Å²) >= 11 is 0. The molecule has 1 aromatic carbocycles. The minimum absolute atomic E-state index is 0.0783. The Labute approximate surface area is 126 Å². The van der Waals surface area contributed by atoms with Crippen LogP contribution in [0.4, 0.5) is 5.69 Å². The van der Waals surface area contributed by atoms with E-state index >= 15 is 0 Å². The van der Waals surface area contributed by atoms with Crippen LogP contribution in [-0.4, -0.2) is 35.7 Å². The Morgan fingerprint density at radius 2 is 2.10 bits per heavy atom. The minimum atomic E-state index is -3.71. The lowest BCUT2D eigenvalue weighted by Gasteiger charge is -2.10. The van der Waals surface area contributed by atoms with Crippen molar-refractivity contribution in [3.63, 3.8) is 0 Å². The summed E-state index contributed by atoms with van der Waals surface area (Å²) in [4.78, 5) is 4.19. The predicted octanol–water partition coefficient (Wildman–Crippen LogP) is 0.864. The quantitative estimate of drug-likeness (QED) is 0.766. The highest BCUT2D eigenvalue weighted by atomic mass is 32.2. The molecule has 8 heteroatoms. The van der Waals surface area contributed by atoms with Gasteiger partial charge in [-0.3, -0.25) is 9.19 Å². The number of nitrogens with two attached hydrogens (primary N) is 1. The first-order valence-electron chi connectivity index (χ1n) is 6.43. The first-order valence-corrected chi connectivity index (χ1v) is 9.40. The third-order valence-corrected chi connectivity index (χ3v) is 5.80. The Balaban J connectivity index is 2.33. The molecule has 21 heavy (non-hydrogen) atoms. The number of nitrogen functional groups attached to an aromatic ring is 1. The van der Waals surface area contributed by atoms with Gasteiger partial charge in [0.05, 0.1) is 5.52 Å². The maximum absolute atomic E-state index is 12.3. The molecule has 0 aliphatic carbocycles. The number of anilines is 1. The molecule has 1 aromatic heterocycles. The molecule has 0 bridgehead atoms. The molecule has 0 radical (unpaired) electrons. The smallest absolute Gasteiger partial charge is 0.242 e. The van der Waals surface area contributed by atoms with Crippen molar-refractivity contribution in [3.8, 4) is 0 Å². The molecule has 3 N–H and O–H groups in total. The van der Waals surface area contributed by atoms with E-state index in [2.05, 4.69) is 9.71 Å². The summed E-state index contributed by atoms with van der Waals surface area (Å²) in [7, 11) is -4.72. The zero-order valence-corrected chi connectivity index (χ0v) is 13.2. The third-order valence-electron chi connectivity index (χ3n) is 3.00. The first-order chi connectivity index (χ1) is 9.95. The van der Waals surface area contributed by atoms with Crippen LogP contribution in [0.3, 0.4) is 0 Å². The van der Waals surface area contributed by atoms with Gasteiger partial charge in [0, 0.05) is 46.1 Å². The Morgan fingerprint density at radius 1 is 1.33 bits per heavy atom. The van der Waals surface area contributed by atoms with Crippen LogP contribution in [0.25, 0.3) is 10.9 Å². The molecule has 0 spiro atoms. The third kappa shape index (κ3) is 3.58. The van der Waals surface area contributed by atoms with E-state index in [1.807, 2.05) is 0 Å². The van der Waals surface area contributed by atoms with E-state index in [9.17, 15) is 12.6 Å². The van der Waals surface area contributed by atoms with E-state index in [1.165, 1.54) is 12.3 Å². The largest absolute Gasteiger partial charge is 0.398 e. The van der Waals surface area contributed by atoms with Crippen molar-refractivity contribution >= 4 is 37.4 Å². The molecule has 0 amide bonds. The molecule has 1 heterocycles. The van der Waals surface area contributed by atoms with E-state index in [0.717, 1.165) is 0 Å². The standard InChI is InChI=1S/C13H17N3O3S2/c1-2-20(17)9-8-16-21(18,19)12-6-5-11(14)10-4-3-7-15-13(10)12/h3-7,16H,2,8-9,14H2,1H3. The fraction of sp³-hybridized carbons (Fsp3) is 0.308. The lowest BCUT2D eigenvalue weighted by atomic mass is 10.2. The second-order valence-corrected chi connectivity index (χ2v) is 7.98. The van der Waals surface area contributed by atoms with Crippen molar-refractivity contribution in [1.29, 1.82) is 0 Å². The number of fused-ring (bicyclic) bond motifs is 1. The van der Waals surface area contributed by atoms with E-state index in [4.69, 9.17) is 5.73 Å². The lowest BCUT2D eigenvalue weighted by molar-refractivity contribution is 0.584. The molecular weight excluding hydrogens is 310 g/mol. The Bertz CT molecular complexity index is 775. The molecule has 0 aliphatic rings. The zero-order chi connectivity index (χ0) is 15.5. The summed E-state index contributed by atoms with van der Waals surface area (Å²) in [5.41, 5.74) is 6.64. The fourth-order valence-electron chi connectivity index (χ4n) is 1.90. The summed E-state index contributed by atoms with van der Waals surface area (Å²) in [6.07, 6.45) is 1.52. The van der Waals surface area contributed by atoms with Crippen LogP contribution in [0.5, 0.6) is 0 Å². The van der Waals surface area contributed by atoms with Crippen LogP contribution in [-0.2, 0) is 20.8 Å². The molecule has 114 valence electrons. The molecule has 1 atom stereocenters. The topological polar surface area (TPSA) is 102 Å². The Kier molecular flexibility index (Phi) is 4.92. The van der Waals surface area contributed by atoms with Crippen molar-refractivity contribution in [3.05, 3.63) is 30.5 Å². The molecule has 1 unspecified atom stereocenters. The molecule has 0 fully saturated rings. The van der Waals surface area contributed by atoms with Crippen molar-refractivity contribution in [1.82, 2.24) is 9.71 Å². The molecule has 0 saturated heterocycles. The van der Waals surface area contributed by atoms with E-state index in [-0.39, 0.29) is 17.2 Å². The van der Waals surface area contributed by atoms with Crippen molar-refractivity contribution < 1.29 is 12.6 Å². The monoisotopic (exact) mass is 327 g/mol. The van der Waals surface area contributed by atoms with Crippen LogP contribution >= 0.6 is 0 Å².